The molecule has 0 aliphatic heterocycles. The van der Waals surface area contributed by atoms with Crippen LogP contribution in [0.1, 0.15) is 15.9 Å². The van der Waals surface area contributed by atoms with Crippen molar-refractivity contribution in [2.75, 3.05) is 16.4 Å². The number of hydrogen-bond donors (Lipinski definition) is 2. The number of carbonyl (C=O) groups is 2. The third kappa shape index (κ3) is 5.18. The normalized spacial score (nSPS) is 10.3. The Morgan fingerprint density at radius 1 is 1.12 bits per heavy atom. The molecule has 0 unspecified atom stereocenters. The highest BCUT2D eigenvalue weighted by molar-refractivity contribution is 8.00. The maximum atomic E-state index is 12.2. The quantitative estimate of drug-likeness (QED) is 0.618. The van der Waals surface area contributed by atoms with Crippen molar-refractivity contribution in [3.8, 4) is 0 Å². The van der Waals surface area contributed by atoms with E-state index in [-0.39, 0.29) is 11.8 Å². The lowest BCUT2D eigenvalue weighted by Gasteiger charge is -2.07. The largest absolute Gasteiger partial charge is 0.325 e. The third-order valence-corrected chi connectivity index (χ3v) is 5.15. The zero-order valence-corrected chi connectivity index (χ0v) is 15.7. The number of carbonyl (C=O) groups excluding carboxylic acids is 2. The maximum absolute atomic E-state index is 12.2. The standard InChI is InChI=1S/C19H17N3O2S2/c1-13-5-7-16(8-6-13)26-12-17(23)21-15-4-2-3-14(11-15)18(24)22-19-20-9-10-25-19/h2-11H,12H2,1H3,(H,21,23)(H,20,22,24). The molecule has 0 saturated carbocycles. The smallest absolute Gasteiger partial charge is 0.257 e. The van der Waals surface area contributed by atoms with Gasteiger partial charge < -0.3 is 5.32 Å². The van der Waals surface area contributed by atoms with E-state index in [1.165, 1.54) is 28.7 Å². The molecule has 1 heterocycles. The van der Waals surface area contributed by atoms with Gasteiger partial charge in [-0.05, 0) is 37.3 Å². The van der Waals surface area contributed by atoms with Crippen molar-refractivity contribution in [2.45, 2.75) is 11.8 Å². The van der Waals surface area contributed by atoms with Gasteiger partial charge in [0.1, 0.15) is 0 Å². The Balaban J connectivity index is 1.56. The molecule has 7 heteroatoms. The number of hydrogen-bond acceptors (Lipinski definition) is 5. The number of amides is 2. The molecule has 2 amide bonds. The van der Waals surface area contributed by atoms with E-state index in [4.69, 9.17) is 0 Å². The van der Waals surface area contributed by atoms with Gasteiger partial charge in [-0.25, -0.2) is 4.98 Å². The molecule has 3 rings (SSSR count). The second-order valence-corrected chi connectivity index (χ2v) is 7.47. The van der Waals surface area contributed by atoms with Crippen LogP contribution in [-0.4, -0.2) is 22.6 Å². The number of thioether (sulfide) groups is 1. The molecule has 1 aromatic heterocycles. The average Bonchev–Trinajstić information content (AvgIpc) is 3.14. The number of thiazole rings is 1. The highest BCUT2D eigenvalue weighted by Gasteiger charge is 2.10. The van der Waals surface area contributed by atoms with E-state index in [0.717, 1.165) is 4.90 Å². The number of aromatic nitrogens is 1. The molecule has 0 atom stereocenters. The van der Waals surface area contributed by atoms with Gasteiger partial charge in [0.25, 0.3) is 5.91 Å². The van der Waals surface area contributed by atoms with E-state index in [1.807, 2.05) is 31.2 Å². The van der Waals surface area contributed by atoms with Crippen molar-refractivity contribution in [1.82, 2.24) is 4.98 Å². The van der Waals surface area contributed by atoms with E-state index in [0.29, 0.717) is 22.1 Å². The predicted octanol–water partition coefficient (Wildman–Crippen LogP) is 4.43. The first-order chi connectivity index (χ1) is 12.6. The fraction of sp³-hybridized carbons (Fsp3) is 0.105. The Morgan fingerprint density at radius 2 is 1.92 bits per heavy atom. The first kappa shape index (κ1) is 18.2. The molecule has 0 aliphatic carbocycles. The van der Waals surface area contributed by atoms with E-state index in [1.54, 1.807) is 35.8 Å². The van der Waals surface area contributed by atoms with Crippen molar-refractivity contribution in [3.05, 3.63) is 71.2 Å². The molecular formula is C19H17N3O2S2. The van der Waals surface area contributed by atoms with Gasteiger partial charge in [-0.1, -0.05) is 23.8 Å². The Bertz CT molecular complexity index is 893. The molecule has 5 nitrogen and oxygen atoms in total. The summed E-state index contributed by atoms with van der Waals surface area (Å²) < 4.78 is 0. The van der Waals surface area contributed by atoms with E-state index >= 15 is 0 Å². The van der Waals surface area contributed by atoms with Gasteiger partial charge in [0.15, 0.2) is 5.13 Å². The van der Waals surface area contributed by atoms with Gasteiger partial charge in [0, 0.05) is 27.7 Å². The van der Waals surface area contributed by atoms with Crippen LogP contribution in [0.15, 0.2) is 65.0 Å². The van der Waals surface area contributed by atoms with Crippen LogP contribution in [0.2, 0.25) is 0 Å². The van der Waals surface area contributed by atoms with Crippen LogP contribution in [0.4, 0.5) is 10.8 Å². The summed E-state index contributed by atoms with van der Waals surface area (Å²) in [7, 11) is 0. The molecule has 0 radical (unpaired) electrons. The van der Waals surface area contributed by atoms with Crippen molar-refractivity contribution >= 4 is 45.7 Å². The lowest BCUT2D eigenvalue weighted by atomic mass is 10.2. The van der Waals surface area contributed by atoms with Gasteiger partial charge in [-0.3, -0.25) is 14.9 Å². The van der Waals surface area contributed by atoms with Crippen molar-refractivity contribution < 1.29 is 9.59 Å². The summed E-state index contributed by atoms with van der Waals surface area (Å²) in [5, 5.41) is 7.88. The topological polar surface area (TPSA) is 71.1 Å². The summed E-state index contributed by atoms with van der Waals surface area (Å²) in [4.78, 5) is 29.4. The van der Waals surface area contributed by atoms with Crippen LogP contribution in [-0.2, 0) is 4.79 Å². The SMILES string of the molecule is Cc1ccc(SCC(=O)Nc2cccc(C(=O)Nc3nccs3)c2)cc1. The van der Waals surface area contributed by atoms with E-state index in [2.05, 4.69) is 15.6 Å². The number of aryl methyl sites for hydroxylation is 1. The van der Waals surface area contributed by atoms with Crippen LogP contribution in [0.25, 0.3) is 0 Å². The van der Waals surface area contributed by atoms with E-state index in [9.17, 15) is 9.59 Å². The molecule has 0 fully saturated rings. The zero-order valence-electron chi connectivity index (χ0n) is 14.1. The van der Waals surface area contributed by atoms with Crippen molar-refractivity contribution in [3.63, 3.8) is 0 Å². The number of anilines is 2. The summed E-state index contributed by atoms with van der Waals surface area (Å²) in [5.41, 5.74) is 2.24. The Morgan fingerprint density at radius 3 is 2.65 bits per heavy atom. The van der Waals surface area contributed by atoms with Gasteiger partial charge in [0.2, 0.25) is 5.91 Å². The summed E-state index contributed by atoms with van der Waals surface area (Å²) in [6.07, 6.45) is 1.63. The molecule has 132 valence electrons. The lowest BCUT2D eigenvalue weighted by molar-refractivity contribution is -0.113. The molecule has 3 aromatic rings. The summed E-state index contributed by atoms with van der Waals surface area (Å²) >= 11 is 2.82. The number of benzene rings is 2. The lowest BCUT2D eigenvalue weighted by Crippen LogP contribution is -2.15. The minimum Gasteiger partial charge on any atom is -0.325 e. The highest BCUT2D eigenvalue weighted by atomic mass is 32.2. The monoisotopic (exact) mass is 383 g/mol. The Hall–Kier alpha value is -2.64. The summed E-state index contributed by atoms with van der Waals surface area (Å²) in [6.45, 7) is 2.03. The molecular weight excluding hydrogens is 366 g/mol. The van der Waals surface area contributed by atoms with Crippen LogP contribution >= 0.6 is 23.1 Å². The average molecular weight is 383 g/mol. The summed E-state index contributed by atoms with van der Waals surface area (Å²) in [5.74, 6) is -0.0726. The Labute approximate surface area is 159 Å². The van der Waals surface area contributed by atoms with Gasteiger partial charge in [0.05, 0.1) is 5.75 Å². The fourth-order valence-electron chi connectivity index (χ4n) is 2.17. The first-order valence-corrected chi connectivity index (χ1v) is 9.77. The second-order valence-electron chi connectivity index (χ2n) is 5.52. The number of nitrogens with zero attached hydrogens (tertiary/aromatic N) is 1. The third-order valence-electron chi connectivity index (χ3n) is 3.45. The van der Waals surface area contributed by atoms with Crippen LogP contribution < -0.4 is 10.6 Å². The number of rotatable bonds is 6. The first-order valence-electron chi connectivity index (χ1n) is 7.90. The molecule has 0 aliphatic rings. The molecule has 26 heavy (non-hydrogen) atoms. The van der Waals surface area contributed by atoms with Gasteiger partial charge in [-0.15, -0.1) is 23.1 Å². The van der Waals surface area contributed by atoms with Crippen LogP contribution in [0.5, 0.6) is 0 Å². The summed E-state index contributed by atoms with van der Waals surface area (Å²) in [6, 6.07) is 14.9. The molecule has 0 bridgehead atoms. The van der Waals surface area contributed by atoms with Gasteiger partial charge >= 0.3 is 0 Å². The Kier molecular flexibility index (Phi) is 6.04. The van der Waals surface area contributed by atoms with Crippen LogP contribution in [0.3, 0.4) is 0 Å². The van der Waals surface area contributed by atoms with Gasteiger partial charge in [-0.2, -0.15) is 0 Å². The minimum absolute atomic E-state index is 0.118. The molecule has 0 saturated heterocycles. The van der Waals surface area contributed by atoms with E-state index < -0.39 is 0 Å². The molecule has 2 N–H and O–H groups in total. The zero-order chi connectivity index (χ0) is 18.4. The molecule has 0 spiro atoms. The van der Waals surface area contributed by atoms with Crippen molar-refractivity contribution in [1.29, 1.82) is 0 Å². The number of nitrogens with one attached hydrogen (secondary N) is 2. The minimum atomic E-state index is -0.259. The second kappa shape index (κ2) is 8.64. The predicted molar refractivity (Wildman–Crippen MR) is 107 cm³/mol. The molecule has 2 aromatic carbocycles. The highest BCUT2D eigenvalue weighted by Crippen LogP contribution is 2.19. The maximum Gasteiger partial charge on any atom is 0.257 e. The van der Waals surface area contributed by atoms with Crippen LogP contribution in [0, 0.1) is 6.92 Å². The van der Waals surface area contributed by atoms with Crippen molar-refractivity contribution in [2.24, 2.45) is 0 Å². The fourth-order valence-corrected chi connectivity index (χ4v) is 3.40.